The molecule has 45 nitrogen and oxygen atoms in total. The topological polar surface area (TPSA) is 554 Å². The molecule has 10 aromatic heterocycles. The monoisotopic (exact) mass is 1900 g/mol. The number of hydrogen-bond donors (Lipinski definition) is 8. The van der Waals surface area contributed by atoms with Crippen LogP contribution in [-0.2, 0) is 37.1 Å². The van der Waals surface area contributed by atoms with E-state index in [0.29, 0.717) is 51.1 Å². The number of hydrogen-bond acceptors (Lipinski definition) is 26. The first-order valence-electron chi connectivity index (χ1n) is 38.3. The molecular weight excluding hydrogens is 1830 g/mol. The molecule has 1 amide bonds. The maximum atomic E-state index is 13.5. The third kappa shape index (κ3) is 26.7. The fourth-order valence-corrected chi connectivity index (χ4v) is 12.2. The molecule has 1 fully saturated rings. The molecule has 0 aliphatic heterocycles. The minimum atomic E-state index is -5.27. The van der Waals surface area contributed by atoms with Gasteiger partial charge in [-0.2, -0.15) is 19.1 Å². The van der Waals surface area contributed by atoms with Crippen molar-refractivity contribution >= 4 is 111 Å². The molecule has 12 aromatic rings. The van der Waals surface area contributed by atoms with E-state index >= 15 is 0 Å². The highest BCUT2D eigenvalue weighted by atomic mass is 35.5. The number of ether oxygens (including phenoxy) is 2. The van der Waals surface area contributed by atoms with Crippen molar-refractivity contribution in [3.63, 3.8) is 0 Å². The van der Waals surface area contributed by atoms with E-state index in [2.05, 4.69) is 166 Å². The van der Waals surface area contributed by atoms with Gasteiger partial charge in [-0.25, -0.2) is 28.8 Å². The van der Waals surface area contributed by atoms with Gasteiger partial charge in [0.05, 0.1) is 52.9 Å². The maximum absolute atomic E-state index is 13.5. The largest absolute Gasteiger partial charge is 0.573 e. The Hall–Kier alpha value is -17.8. The van der Waals surface area contributed by atoms with Crippen molar-refractivity contribution in [2.24, 2.45) is 65.2 Å². The van der Waals surface area contributed by atoms with Crippen LogP contribution in [0.25, 0.3) is 21.1 Å². The predicted molar refractivity (Wildman–Crippen MR) is 479 cm³/mol. The molecule has 0 bridgehead atoms. The number of carbonyl (C=O) groups excluding carboxylic acids is 2. The van der Waals surface area contributed by atoms with E-state index in [1.165, 1.54) is 46.0 Å². The number of nitrogens with one attached hydrogen (secondary N) is 8. The molecule has 10 heterocycles. The van der Waals surface area contributed by atoms with Crippen LogP contribution >= 0.6 is 23.8 Å². The Balaban J connectivity index is 0.000000304. The average Bonchev–Trinajstić information content (AvgIpc) is 1.62. The highest BCUT2D eigenvalue weighted by Crippen LogP contribution is 2.42. The molecule has 0 radical (unpaired) electrons. The molecule has 135 heavy (non-hydrogen) atoms. The van der Waals surface area contributed by atoms with Gasteiger partial charge in [0.2, 0.25) is 17.8 Å². The van der Waals surface area contributed by atoms with Crippen molar-refractivity contribution in [2.75, 3.05) is 0 Å². The minimum Gasteiger partial charge on any atom is -0.412 e. The zero-order chi connectivity index (χ0) is 98.1. The van der Waals surface area contributed by atoms with Gasteiger partial charge in [0, 0.05) is 50.8 Å². The van der Waals surface area contributed by atoms with Gasteiger partial charge >= 0.3 is 36.3 Å². The number of nitrogens with zero attached hydrogens (tertiary/aromatic N) is 26. The van der Waals surface area contributed by atoms with Crippen LogP contribution in [0.4, 0.5) is 107 Å². The van der Waals surface area contributed by atoms with Crippen molar-refractivity contribution in [3.05, 3.63) is 203 Å². The zero-order valence-electron chi connectivity index (χ0n) is 72.9. The minimum absolute atomic E-state index is 0. The Labute approximate surface area is 769 Å². The summed E-state index contributed by atoms with van der Waals surface area (Å²) in [5, 5.41) is 65.6. The van der Waals surface area contributed by atoms with Crippen molar-refractivity contribution in [2.45, 2.75) is 138 Å². The highest BCUT2D eigenvalue weighted by Gasteiger charge is 2.45. The Morgan fingerprint density at radius 2 is 1.28 bits per heavy atom. The van der Waals surface area contributed by atoms with Gasteiger partial charge in [0.1, 0.15) is 34.1 Å². The zero-order valence-corrected chi connectivity index (χ0v) is 74.5. The molecule has 10 N–H and O–H groups in total. The van der Waals surface area contributed by atoms with Crippen molar-refractivity contribution in [1.82, 2.24) is 103 Å². The number of aromatic amines is 7. The second kappa shape index (κ2) is 47.0. The number of carbonyl (C=O) groups is 2. The number of benzene rings is 2. The number of aryl methyl sites for hydroxylation is 6. The summed E-state index contributed by atoms with van der Waals surface area (Å²) in [5.41, 5.74) is 0.965. The quantitative estimate of drug-likeness (QED) is 0.00429. The standard InChI is InChI=1S/C21H7F6N9O3.C19H18N6O3.C15H22N6S.C14H13ClN6O.C10H13N7O3.C2H2.FH.H2O.H2/c1-4-5-10-30-17(37)13-14(32-33-19-31-15(28-2)16(29-3)35(19)20(22,23)24)18(38)36(34-13)11-6-8-12(9-7-11)39-21(25,26)27;1-5-28-17(27)15-14(16(26)25(24-15)12-9-7-6-8-10-12)22-23-18-20-11-13(21-18)19(2,3)4;1-10-9-20(3)15(16-10)18-17-13-11(2)19-21(14(13)22)12-7-5-4-6-8-12;1-5-6-7-10-11(13(22)21(20-10)8(2)3)18-19-14-16-9(4)12(15)17-14;1-4-16-7(17(19)20)5-11-10(16)13-12-8-6(2)14-15(3)9(8)18;1-2;;;/h1,6-9,34H,(H,30,37);1,6-11,24H,2-4H3,(H,20,21);9,12,19H,4-8H2,1-3H3;1,8,20H,2-4H3,(H,16,17);5,14H,4H2,1-3H3;1-2H;1H;1H2;1H. The summed E-state index contributed by atoms with van der Waals surface area (Å²) in [7, 11) is 3.47. The first-order valence-corrected chi connectivity index (χ1v) is 39.1. The van der Waals surface area contributed by atoms with Gasteiger partial charge in [0.25, 0.3) is 39.8 Å². The molecule has 13 rings (SSSR count). The number of imidazole rings is 5. The van der Waals surface area contributed by atoms with E-state index in [1.807, 2.05) is 89.5 Å². The number of halogens is 8. The Morgan fingerprint density at radius 3 is 1.81 bits per heavy atom. The number of azo groups is 5. The number of esters is 1. The van der Waals surface area contributed by atoms with Gasteiger partial charge in [-0.05, 0) is 126 Å². The lowest BCUT2D eigenvalue weighted by atomic mass is 9.93. The summed E-state index contributed by atoms with van der Waals surface area (Å²) in [5.74, 6) is 5.95. The summed E-state index contributed by atoms with van der Waals surface area (Å²) in [6.45, 7) is 33.0. The Morgan fingerprint density at radius 1 is 0.704 bits per heavy atom. The van der Waals surface area contributed by atoms with Gasteiger partial charge < -0.3 is 49.3 Å². The molecule has 1 saturated carbocycles. The van der Waals surface area contributed by atoms with Gasteiger partial charge in [-0.15, -0.1) is 92.9 Å². The van der Waals surface area contributed by atoms with Crippen LogP contribution in [0.15, 0.2) is 144 Å². The van der Waals surface area contributed by atoms with Crippen LogP contribution in [-0.4, -0.2) is 126 Å². The second-order valence-corrected chi connectivity index (χ2v) is 29.1. The molecule has 702 valence electrons. The summed E-state index contributed by atoms with van der Waals surface area (Å²) in [6, 6.07) is 14.8. The summed E-state index contributed by atoms with van der Waals surface area (Å²) < 4.78 is 95.9. The highest BCUT2D eigenvalue weighted by molar-refractivity contribution is 7.71. The summed E-state index contributed by atoms with van der Waals surface area (Å²) in [4.78, 5) is 115. The molecular formula is C81H80ClF7N34O11S. The number of alkyl halides is 6. The van der Waals surface area contributed by atoms with Gasteiger partial charge in [-0.3, -0.25) is 68.9 Å². The molecule has 1 aliphatic rings. The maximum Gasteiger partial charge on any atom is 0.573 e. The van der Waals surface area contributed by atoms with Crippen LogP contribution in [0, 0.1) is 129 Å². The Kier molecular flexibility index (Phi) is 36.9. The molecule has 2 aromatic carbocycles. The summed E-state index contributed by atoms with van der Waals surface area (Å²) in [6.07, 6.45) is 25.5. The molecule has 0 spiro atoms. The fraction of sp³-hybridized carbons (Fsp3) is 0.284. The lowest BCUT2D eigenvalue weighted by molar-refractivity contribution is -0.392. The van der Waals surface area contributed by atoms with Crippen LogP contribution < -0.4 is 32.3 Å². The SMILES string of the molecule is C#C.C#CC#Cc1[nH]n(C(C)C)c(=O)c1N=Nc1nc(Cl)c(C)[nH]1.C#COC(=O)c1[nH]n(-c2ccccc2)c(=O)c1N=Nc1ncc(C(C)(C)C)[nH]1.CCn1c([N+](=O)[O-])cnc1N=Nc1c(C)[nH]n(C)c1=O.Cc1cn(C)c(N=Nc2c(C)[nH]n(C3CCCCC3)c2=S)n1.F.O.[C-]#[N+]c1nc(N=Nc2c(C(=O)NC#CC#C)[nH]n(-c3ccc(OC(F)(F)F)cc3)c2=O)n(C(F)(F)F)c1[N+]#[C-].[HH]. The third-order valence-corrected chi connectivity index (χ3v) is 18.6. The summed E-state index contributed by atoms with van der Waals surface area (Å²) >= 11 is 11.4. The fourth-order valence-electron chi connectivity index (χ4n) is 11.7. The normalized spacial score (nSPS) is 11.8. The van der Waals surface area contributed by atoms with Crippen molar-refractivity contribution in [3.8, 4) is 91.0 Å². The van der Waals surface area contributed by atoms with Crippen molar-refractivity contribution < 1.29 is 61.9 Å². The number of terminal acetylenes is 4. The second-order valence-electron chi connectivity index (χ2n) is 28.3. The molecule has 0 saturated heterocycles. The van der Waals surface area contributed by atoms with Gasteiger partial charge in [-0.1, -0.05) is 117 Å². The number of nitro groups is 1. The van der Waals surface area contributed by atoms with E-state index in [4.69, 9.17) is 56.2 Å². The Bertz CT molecular complexity index is 7180. The van der Waals surface area contributed by atoms with E-state index in [-0.39, 0.29) is 86.3 Å². The van der Waals surface area contributed by atoms with Crippen LogP contribution in [0.2, 0.25) is 5.15 Å². The molecule has 1 aliphatic carbocycles. The van der Waals surface area contributed by atoms with Gasteiger partial charge in [0.15, 0.2) is 39.3 Å². The average molecular weight is 1910 g/mol. The first-order chi connectivity index (χ1) is 63.1. The molecule has 0 unspecified atom stereocenters. The van der Waals surface area contributed by atoms with Crippen LogP contribution in [0.1, 0.15) is 142 Å². The number of aromatic nitrogens is 20. The van der Waals surface area contributed by atoms with E-state index < -0.39 is 79.9 Å². The first kappa shape index (κ1) is 106. The number of H-pyrrole nitrogens is 7. The predicted octanol–water partition coefficient (Wildman–Crippen LogP) is 17.0. The van der Waals surface area contributed by atoms with Crippen LogP contribution in [0.5, 0.6) is 5.75 Å². The number of rotatable bonds is 19. The van der Waals surface area contributed by atoms with E-state index in [1.54, 1.807) is 70.5 Å². The number of amides is 1. The van der Waals surface area contributed by atoms with E-state index in [0.717, 1.165) is 62.6 Å². The molecule has 0 atom stereocenters. The lowest BCUT2D eigenvalue weighted by Crippen LogP contribution is -2.18. The smallest absolute Gasteiger partial charge is 0.412 e. The molecule has 54 heteroatoms. The van der Waals surface area contributed by atoms with Crippen molar-refractivity contribution in [1.29, 1.82) is 0 Å². The number of para-hydroxylation sites is 1. The van der Waals surface area contributed by atoms with Crippen LogP contribution in [0.3, 0.4) is 0 Å². The van der Waals surface area contributed by atoms with E-state index in [9.17, 15) is 65.2 Å². The third-order valence-electron chi connectivity index (χ3n) is 17.8. The lowest BCUT2D eigenvalue weighted by Gasteiger charge is -2.22.